The fraction of sp³-hybridized carbons (Fsp3) is 0.0417. The second-order valence-corrected chi connectivity index (χ2v) is 14.3. The molecule has 2 aliphatic rings. The van der Waals surface area contributed by atoms with E-state index in [0.717, 1.165) is 0 Å². The molecular formula is C48H32S. The van der Waals surface area contributed by atoms with Crippen molar-refractivity contribution in [3.63, 3.8) is 0 Å². The summed E-state index contributed by atoms with van der Waals surface area (Å²) in [5.41, 5.74) is 11.6. The van der Waals surface area contributed by atoms with Gasteiger partial charge in [-0.15, -0.1) is 11.8 Å². The average molecular weight is 641 g/mol. The summed E-state index contributed by atoms with van der Waals surface area (Å²) in [4.78, 5) is 1.42. The smallest absolute Gasteiger partial charge is 0.0381 e. The number of hydrogen-bond donors (Lipinski definition) is 0. The Bertz CT molecular complexity index is 2590. The molecule has 1 aliphatic carbocycles. The van der Waals surface area contributed by atoms with E-state index in [9.17, 15) is 0 Å². The first-order valence-corrected chi connectivity index (χ1v) is 18.0. The van der Waals surface area contributed by atoms with Crippen molar-refractivity contribution in [1.82, 2.24) is 0 Å². The van der Waals surface area contributed by atoms with Crippen molar-refractivity contribution in [2.75, 3.05) is 0 Å². The minimum Gasteiger partial charge on any atom is -0.117 e. The van der Waals surface area contributed by atoms with Crippen LogP contribution >= 0.6 is 11.8 Å². The molecule has 0 aromatic heterocycles. The first-order chi connectivity index (χ1) is 24.3. The van der Waals surface area contributed by atoms with Gasteiger partial charge in [0.1, 0.15) is 0 Å². The van der Waals surface area contributed by atoms with Crippen molar-refractivity contribution in [3.8, 4) is 44.5 Å². The number of benzene rings is 8. The number of allylic oxidation sites excluding steroid dienone is 3. The Kier molecular flexibility index (Phi) is 6.67. The molecule has 0 radical (unpaired) electrons. The monoisotopic (exact) mass is 640 g/mol. The predicted octanol–water partition coefficient (Wildman–Crippen LogP) is 13.5. The number of thioether (sulfide) groups is 1. The number of fused-ring (bicyclic) bond motifs is 6. The van der Waals surface area contributed by atoms with Crippen LogP contribution in [0.15, 0.2) is 187 Å². The standard InChI is InChI=1S/C48H32S/c1-2-19-36-31(13-1)14-11-25-37(36)32-15-9-17-34(29-32)46-40-21-3-5-23-42(40)47(43-24-6-4-22-41(43)46)35-18-10-16-33(30-35)38-26-12-27-44-39-20-7-8-28-45(39)49-48(38)44/h1-30,39,45H. The van der Waals surface area contributed by atoms with Gasteiger partial charge in [0.2, 0.25) is 0 Å². The quantitative estimate of drug-likeness (QED) is 0.173. The highest BCUT2D eigenvalue weighted by Crippen LogP contribution is 2.52. The summed E-state index contributed by atoms with van der Waals surface area (Å²) in [6.45, 7) is 0. The molecular weight excluding hydrogens is 609 g/mol. The first kappa shape index (κ1) is 28.4. The average Bonchev–Trinajstić information content (AvgIpc) is 3.56. The van der Waals surface area contributed by atoms with Crippen LogP contribution in [0.25, 0.3) is 76.8 Å². The number of rotatable bonds is 4. The molecule has 10 rings (SSSR count). The van der Waals surface area contributed by atoms with Gasteiger partial charge in [-0.1, -0.05) is 170 Å². The van der Waals surface area contributed by atoms with E-state index in [1.54, 1.807) is 0 Å². The van der Waals surface area contributed by atoms with E-state index in [-0.39, 0.29) is 0 Å². The Morgan fingerprint density at radius 3 is 1.55 bits per heavy atom. The third kappa shape index (κ3) is 4.61. The van der Waals surface area contributed by atoms with Gasteiger partial charge >= 0.3 is 0 Å². The predicted molar refractivity (Wildman–Crippen MR) is 211 cm³/mol. The second kappa shape index (κ2) is 11.5. The van der Waals surface area contributed by atoms with Gasteiger partial charge in [0.15, 0.2) is 0 Å². The Labute approximate surface area is 291 Å². The van der Waals surface area contributed by atoms with Crippen molar-refractivity contribution in [3.05, 3.63) is 188 Å². The van der Waals surface area contributed by atoms with E-state index in [1.165, 1.54) is 87.3 Å². The van der Waals surface area contributed by atoms with Gasteiger partial charge in [-0.25, -0.2) is 0 Å². The maximum atomic E-state index is 2.42. The summed E-state index contributed by atoms with van der Waals surface area (Å²) in [5, 5.41) is 8.12. The van der Waals surface area contributed by atoms with E-state index in [1.807, 2.05) is 11.8 Å². The fourth-order valence-electron chi connectivity index (χ4n) is 8.20. The Hall–Kier alpha value is -5.63. The molecule has 2 atom stereocenters. The molecule has 0 amide bonds. The summed E-state index contributed by atoms with van der Waals surface area (Å²) >= 11 is 2.01. The molecule has 49 heavy (non-hydrogen) atoms. The van der Waals surface area contributed by atoms with Crippen LogP contribution in [0.5, 0.6) is 0 Å². The summed E-state index contributed by atoms with van der Waals surface area (Å²) in [6.07, 6.45) is 9.11. The maximum Gasteiger partial charge on any atom is 0.0381 e. The van der Waals surface area contributed by atoms with Crippen molar-refractivity contribution in [2.45, 2.75) is 16.1 Å². The Morgan fingerprint density at radius 1 is 0.388 bits per heavy atom. The van der Waals surface area contributed by atoms with Crippen molar-refractivity contribution >= 4 is 44.1 Å². The van der Waals surface area contributed by atoms with Crippen LogP contribution < -0.4 is 0 Å². The zero-order chi connectivity index (χ0) is 32.3. The van der Waals surface area contributed by atoms with Crippen LogP contribution in [0, 0.1) is 0 Å². The lowest BCUT2D eigenvalue weighted by molar-refractivity contribution is 0.881. The molecule has 0 saturated heterocycles. The molecule has 0 fully saturated rings. The van der Waals surface area contributed by atoms with Crippen LogP contribution in [-0.2, 0) is 0 Å². The summed E-state index contributed by atoms with van der Waals surface area (Å²) in [6, 6.07) is 58.4. The minimum absolute atomic E-state index is 0.452. The maximum absolute atomic E-state index is 2.42. The number of hydrogen-bond acceptors (Lipinski definition) is 1. The van der Waals surface area contributed by atoms with Gasteiger partial charge in [-0.05, 0) is 94.5 Å². The molecule has 8 aromatic carbocycles. The third-order valence-electron chi connectivity index (χ3n) is 10.4. The molecule has 1 aliphatic heterocycles. The highest BCUT2D eigenvalue weighted by atomic mass is 32.2. The Balaban J connectivity index is 1.17. The van der Waals surface area contributed by atoms with Gasteiger partial charge in [-0.3, -0.25) is 0 Å². The fourth-order valence-corrected chi connectivity index (χ4v) is 9.68. The molecule has 0 spiro atoms. The molecule has 230 valence electrons. The van der Waals surface area contributed by atoms with E-state index < -0.39 is 0 Å². The SMILES string of the molecule is C1=CC2Sc3c(-c4cccc(-c5c6ccccc6c(-c6cccc(-c7cccc8ccccc78)c6)c6ccccc56)c4)cccc3C2C=C1. The van der Waals surface area contributed by atoms with Gasteiger partial charge in [0.05, 0.1) is 0 Å². The third-order valence-corrected chi connectivity index (χ3v) is 11.8. The van der Waals surface area contributed by atoms with Gasteiger partial charge in [0.25, 0.3) is 0 Å². The van der Waals surface area contributed by atoms with Crippen LogP contribution in [0.2, 0.25) is 0 Å². The minimum atomic E-state index is 0.452. The highest BCUT2D eigenvalue weighted by molar-refractivity contribution is 8.00. The molecule has 0 nitrogen and oxygen atoms in total. The second-order valence-electron chi connectivity index (χ2n) is 13.1. The lowest BCUT2D eigenvalue weighted by Crippen LogP contribution is -2.06. The first-order valence-electron chi connectivity index (χ1n) is 17.1. The van der Waals surface area contributed by atoms with Gasteiger partial charge in [0, 0.05) is 16.1 Å². The van der Waals surface area contributed by atoms with Gasteiger partial charge in [-0.2, -0.15) is 0 Å². The largest absolute Gasteiger partial charge is 0.117 e. The molecule has 8 aromatic rings. The van der Waals surface area contributed by atoms with Crippen LogP contribution in [-0.4, -0.2) is 5.25 Å². The zero-order valence-corrected chi connectivity index (χ0v) is 27.7. The molecule has 2 unspecified atom stereocenters. The van der Waals surface area contributed by atoms with Crippen molar-refractivity contribution < 1.29 is 0 Å². The van der Waals surface area contributed by atoms with E-state index in [2.05, 4.69) is 182 Å². The van der Waals surface area contributed by atoms with Crippen LogP contribution in [0.3, 0.4) is 0 Å². The van der Waals surface area contributed by atoms with Crippen LogP contribution in [0.1, 0.15) is 11.5 Å². The normalized spacial score (nSPS) is 16.3. The highest BCUT2D eigenvalue weighted by Gasteiger charge is 2.32. The topological polar surface area (TPSA) is 0 Å². The van der Waals surface area contributed by atoms with E-state index in [4.69, 9.17) is 0 Å². The van der Waals surface area contributed by atoms with Crippen LogP contribution in [0.4, 0.5) is 0 Å². The van der Waals surface area contributed by atoms with E-state index >= 15 is 0 Å². The Morgan fingerprint density at radius 2 is 0.878 bits per heavy atom. The molecule has 1 heterocycles. The molecule has 0 saturated carbocycles. The van der Waals surface area contributed by atoms with E-state index in [0.29, 0.717) is 11.2 Å². The van der Waals surface area contributed by atoms with Gasteiger partial charge < -0.3 is 0 Å². The molecule has 0 N–H and O–H groups in total. The summed E-state index contributed by atoms with van der Waals surface area (Å²) in [7, 11) is 0. The lowest BCUT2D eigenvalue weighted by atomic mass is 9.84. The summed E-state index contributed by atoms with van der Waals surface area (Å²) < 4.78 is 0. The van der Waals surface area contributed by atoms with Crippen molar-refractivity contribution in [2.24, 2.45) is 0 Å². The summed E-state index contributed by atoms with van der Waals surface area (Å²) in [5.74, 6) is 0.452. The van der Waals surface area contributed by atoms with Crippen molar-refractivity contribution in [1.29, 1.82) is 0 Å². The lowest BCUT2D eigenvalue weighted by Gasteiger charge is -2.19. The molecule has 1 heteroatoms. The zero-order valence-electron chi connectivity index (χ0n) is 26.9. The molecule has 0 bridgehead atoms.